The predicted molar refractivity (Wildman–Crippen MR) is 272 cm³/mol. The van der Waals surface area contributed by atoms with Crippen LogP contribution in [-0.2, 0) is 14.2 Å². The van der Waals surface area contributed by atoms with E-state index in [4.69, 9.17) is 39.2 Å². The van der Waals surface area contributed by atoms with Gasteiger partial charge in [0.2, 0.25) is 36.1 Å². The van der Waals surface area contributed by atoms with Crippen LogP contribution in [0.5, 0.6) is 0 Å². The lowest BCUT2D eigenvalue weighted by atomic mass is 10.0. The highest BCUT2D eigenvalue weighted by Gasteiger charge is 2.41. The van der Waals surface area contributed by atoms with Crippen LogP contribution in [0.2, 0.25) is 0 Å². The van der Waals surface area contributed by atoms with Crippen molar-refractivity contribution in [2.75, 3.05) is 42.8 Å². The van der Waals surface area contributed by atoms with Crippen molar-refractivity contribution in [3.05, 3.63) is 89.5 Å². The van der Waals surface area contributed by atoms with Crippen LogP contribution in [0.15, 0.2) is 97.8 Å². The number of esters is 3. The van der Waals surface area contributed by atoms with Crippen molar-refractivity contribution in [3.8, 4) is 0 Å². The minimum atomic E-state index is -0.712. The van der Waals surface area contributed by atoms with E-state index in [0.717, 1.165) is 77.0 Å². The number of rotatable bonds is 24. The molecule has 0 saturated carbocycles. The molecule has 364 valence electrons. The first-order valence-corrected chi connectivity index (χ1v) is 24.6. The second-order valence-electron chi connectivity index (χ2n) is 17.6. The summed E-state index contributed by atoms with van der Waals surface area (Å²) in [5.74, 6) is 1.41. The molecule has 3 aliphatic heterocycles. The van der Waals surface area contributed by atoms with Crippen LogP contribution in [0.4, 0.5) is 17.1 Å². The van der Waals surface area contributed by atoms with Gasteiger partial charge in [0.25, 0.3) is 0 Å². The number of nitrogens with zero attached hydrogens (tertiary/aromatic N) is 7. The van der Waals surface area contributed by atoms with E-state index in [2.05, 4.69) is 57.5 Å². The number of anilines is 3. The van der Waals surface area contributed by atoms with Gasteiger partial charge in [-0.1, -0.05) is 99.3 Å². The van der Waals surface area contributed by atoms with Gasteiger partial charge in [-0.25, -0.2) is 24.3 Å². The Balaban J connectivity index is 1.20. The Morgan fingerprint density at radius 3 is 1.28 bits per heavy atom. The van der Waals surface area contributed by atoms with Gasteiger partial charge in [0, 0.05) is 24.1 Å². The summed E-state index contributed by atoms with van der Waals surface area (Å²) in [4.78, 5) is 66.6. The molecule has 0 radical (unpaired) electrons. The van der Waals surface area contributed by atoms with Crippen LogP contribution in [-0.4, -0.2) is 90.7 Å². The SMILES string of the molecule is CCCCC(CC)COC(=O)c1ccc(NC2=NC3=NC(Nc4ccc(C(=O)OCC(CC)CCCC)cc4)=NC4N(C)C(Nc5ccc(C(=O)OCC(CC)CCCC)cc5)=NC(=N2)N34)cc1. The molecular formula is C52H70N10O6. The topological polar surface area (TPSA) is 183 Å². The van der Waals surface area contributed by atoms with Crippen LogP contribution in [0.25, 0.3) is 0 Å². The molecule has 0 aromatic heterocycles. The Bertz CT molecular complexity index is 2310. The smallest absolute Gasteiger partial charge is 0.338 e. The third kappa shape index (κ3) is 14.0. The monoisotopic (exact) mass is 931 g/mol. The molecule has 3 N–H and O–H groups in total. The van der Waals surface area contributed by atoms with E-state index in [1.165, 1.54) is 0 Å². The maximum Gasteiger partial charge on any atom is 0.338 e. The van der Waals surface area contributed by atoms with Crippen molar-refractivity contribution in [3.63, 3.8) is 0 Å². The number of nitrogens with one attached hydrogen (secondary N) is 3. The Hall–Kier alpha value is -6.58. The summed E-state index contributed by atoms with van der Waals surface area (Å²) in [5, 5.41) is 9.92. The molecule has 0 saturated heterocycles. The number of guanidine groups is 5. The average Bonchev–Trinajstić information content (AvgIpc) is 3.35. The molecule has 4 atom stereocenters. The highest BCUT2D eigenvalue weighted by Crippen LogP contribution is 2.26. The van der Waals surface area contributed by atoms with E-state index in [9.17, 15) is 14.4 Å². The van der Waals surface area contributed by atoms with Crippen molar-refractivity contribution in [1.29, 1.82) is 0 Å². The lowest BCUT2D eigenvalue weighted by molar-refractivity contribution is 0.0419. The molecule has 3 aromatic rings. The van der Waals surface area contributed by atoms with Crippen molar-refractivity contribution >= 4 is 64.8 Å². The summed E-state index contributed by atoms with van der Waals surface area (Å²) >= 11 is 0. The summed E-state index contributed by atoms with van der Waals surface area (Å²) < 4.78 is 17.0. The number of aliphatic imine (C=N–C) groups is 5. The van der Waals surface area contributed by atoms with E-state index in [0.29, 0.717) is 77.3 Å². The van der Waals surface area contributed by atoms with Gasteiger partial charge in [0.05, 0.1) is 36.5 Å². The molecule has 0 bridgehead atoms. The van der Waals surface area contributed by atoms with Crippen molar-refractivity contribution < 1.29 is 28.6 Å². The molecule has 6 rings (SSSR count). The number of ether oxygens (including phenoxy) is 3. The van der Waals surface area contributed by atoms with Crippen LogP contribution < -0.4 is 16.0 Å². The summed E-state index contributed by atoms with van der Waals surface area (Å²) in [7, 11) is 1.84. The fourth-order valence-corrected chi connectivity index (χ4v) is 7.82. The lowest BCUT2D eigenvalue weighted by Gasteiger charge is -2.42. The molecule has 0 amide bonds. The van der Waals surface area contributed by atoms with E-state index in [1.54, 1.807) is 77.7 Å². The van der Waals surface area contributed by atoms with E-state index in [1.807, 2.05) is 11.9 Å². The average molecular weight is 931 g/mol. The number of carbonyl (C=O) groups excluding carboxylic acids is 3. The molecule has 0 spiro atoms. The van der Waals surface area contributed by atoms with Crippen LogP contribution in [0.3, 0.4) is 0 Å². The van der Waals surface area contributed by atoms with Crippen LogP contribution in [0.1, 0.15) is 150 Å². The maximum atomic E-state index is 13.0. The molecule has 16 nitrogen and oxygen atoms in total. The van der Waals surface area contributed by atoms with Crippen LogP contribution in [0, 0.1) is 17.8 Å². The number of benzene rings is 3. The zero-order valence-electron chi connectivity index (χ0n) is 40.9. The molecule has 3 aromatic carbocycles. The maximum absolute atomic E-state index is 13.0. The lowest BCUT2D eigenvalue weighted by Crippen LogP contribution is -2.61. The number of unbranched alkanes of at least 4 members (excludes halogenated alkanes) is 3. The highest BCUT2D eigenvalue weighted by atomic mass is 16.5. The quantitative estimate of drug-likeness (QED) is 0.0574. The molecule has 68 heavy (non-hydrogen) atoms. The Morgan fingerprint density at radius 2 is 0.882 bits per heavy atom. The van der Waals surface area contributed by atoms with E-state index >= 15 is 0 Å². The normalized spacial score (nSPS) is 16.4. The molecule has 3 heterocycles. The van der Waals surface area contributed by atoms with E-state index < -0.39 is 6.29 Å². The summed E-state index contributed by atoms with van der Waals surface area (Å²) in [6.07, 6.45) is 11.9. The largest absolute Gasteiger partial charge is 0.462 e. The highest BCUT2D eigenvalue weighted by molar-refractivity contribution is 6.22. The van der Waals surface area contributed by atoms with Gasteiger partial charge in [-0.15, -0.1) is 0 Å². The fraction of sp³-hybridized carbons (Fsp3) is 0.500. The van der Waals surface area contributed by atoms with Gasteiger partial charge in [-0.2, -0.15) is 20.0 Å². The first-order chi connectivity index (χ1) is 33.0. The molecule has 3 aliphatic rings. The summed E-state index contributed by atoms with van der Waals surface area (Å²) in [6.45, 7) is 14.0. The number of hydrogen-bond acceptors (Lipinski definition) is 16. The van der Waals surface area contributed by atoms with Crippen molar-refractivity contribution in [2.24, 2.45) is 42.7 Å². The van der Waals surface area contributed by atoms with Crippen LogP contribution >= 0.6 is 0 Å². The molecular weight excluding hydrogens is 861 g/mol. The summed E-state index contributed by atoms with van der Waals surface area (Å²) in [6, 6.07) is 21.0. The first kappa shape index (κ1) is 50.8. The minimum absolute atomic E-state index is 0.213. The van der Waals surface area contributed by atoms with Gasteiger partial charge < -0.3 is 35.1 Å². The van der Waals surface area contributed by atoms with Crippen molar-refractivity contribution in [2.45, 2.75) is 125 Å². The molecule has 0 aliphatic carbocycles. The zero-order chi connectivity index (χ0) is 48.4. The molecule has 4 unspecified atom stereocenters. The van der Waals surface area contributed by atoms with Crippen molar-refractivity contribution in [1.82, 2.24) is 9.80 Å². The number of hydrogen-bond donors (Lipinski definition) is 3. The second-order valence-corrected chi connectivity index (χ2v) is 17.6. The molecule has 16 heteroatoms. The third-order valence-electron chi connectivity index (χ3n) is 12.5. The standard InChI is InChI=1S/C52H70N10O6/c1-8-14-17-35(11-4)32-66-44(63)38-20-26-41(27-21-38)53-47-56-50-58-48(54-42-28-22-39(23-29-42)45(64)67-33-36(12-5)18-15-9-2)59-52-61(7)49(60-51(57-47)62(50)52)55-43-30-24-40(25-31-43)46(65)68-34-37(13-6)19-16-10-3/h20-31,35-37,52H,8-19,32-34H2,1-7H3,(H3,53,54,55,56,57,58,59,60). The summed E-state index contributed by atoms with van der Waals surface area (Å²) in [5.41, 5.74) is 3.32. The third-order valence-corrected chi connectivity index (χ3v) is 12.5. The zero-order valence-corrected chi connectivity index (χ0v) is 40.9. The predicted octanol–water partition coefficient (Wildman–Crippen LogP) is 10.8. The first-order valence-electron chi connectivity index (χ1n) is 24.6. The van der Waals surface area contributed by atoms with Gasteiger partial charge in [-0.05, 0) is 110 Å². The van der Waals surface area contributed by atoms with Gasteiger partial charge >= 0.3 is 17.9 Å². The minimum Gasteiger partial charge on any atom is -0.462 e. The fourth-order valence-electron chi connectivity index (χ4n) is 7.82. The number of carbonyl (C=O) groups is 3. The van der Waals surface area contributed by atoms with Gasteiger partial charge in [-0.3, -0.25) is 0 Å². The van der Waals surface area contributed by atoms with E-state index in [-0.39, 0.29) is 41.7 Å². The van der Waals surface area contributed by atoms with Gasteiger partial charge in [0.1, 0.15) is 0 Å². The molecule has 0 fully saturated rings. The Morgan fingerprint density at radius 1 is 0.515 bits per heavy atom. The Kier molecular flexibility index (Phi) is 19.1. The Labute approximate surface area is 401 Å². The second kappa shape index (κ2) is 25.5. The van der Waals surface area contributed by atoms with Gasteiger partial charge in [0.15, 0.2) is 0 Å².